The Labute approximate surface area is 172 Å². The minimum absolute atomic E-state index is 0.251. The molecule has 0 radical (unpaired) electrons. The second kappa shape index (κ2) is 8.78. The molecule has 0 aliphatic rings. The summed E-state index contributed by atoms with van der Waals surface area (Å²) in [6.45, 7) is 9.16. The van der Waals surface area contributed by atoms with Crippen LogP contribution in [0.1, 0.15) is 37.7 Å². The monoisotopic (exact) mass is 396 g/mol. The lowest BCUT2D eigenvalue weighted by molar-refractivity contribution is 0.303. The number of benzene rings is 2. The predicted molar refractivity (Wildman–Crippen MR) is 117 cm³/mol. The van der Waals surface area contributed by atoms with E-state index in [1.165, 1.54) is 5.56 Å². The quantitative estimate of drug-likeness (QED) is 0.436. The Morgan fingerprint density at radius 1 is 0.964 bits per heavy atom. The van der Waals surface area contributed by atoms with Crippen molar-refractivity contribution >= 4 is 11.8 Å². The Hall–Kier alpha value is -2.33. The number of hydrogen-bond acceptors (Lipinski definition) is 4. The molecule has 0 N–H and O–H groups in total. The Morgan fingerprint density at radius 3 is 2.46 bits per heavy atom. The number of rotatable bonds is 7. The first kappa shape index (κ1) is 20.4. The molecular formula is C24H28O3S. The van der Waals surface area contributed by atoms with E-state index in [1.54, 1.807) is 7.11 Å². The van der Waals surface area contributed by atoms with Crippen molar-refractivity contribution < 1.29 is 13.9 Å². The molecule has 0 bridgehead atoms. The molecule has 2 aromatic carbocycles. The molecule has 0 amide bonds. The molecule has 4 heteroatoms. The van der Waals surface area contributed by atoms with Gasteiger partial charge in [0, 0.05) is 21.6 Å². The van der Waals surface area contributed by atoms with Crippen LogP contribution in [-0.4, -0.2) is 11.9 Å². The van der Waals surface area contributed by atoms with Crippen molar-refractivity contribution in [1.82, 2.24) is 0 Å². The fourth-order valence-electron chi connectivity index (χ4n) is 2.77. The van der Waals surface area contributed by atoms with Crippen molar-refractivity contribution in [2.24, 2.45) is 0 Å². The van der Waals surface area contributed by atoms with E-state index in [2.05, 4.69) is 39.0 Å². The van der Waals surface area contributed by atoms with E-state index in [0.29, 0.717) is 6.61 Å². The number of ether oxygens (including phenoxy) is 2. The van der Waals surface area contributed by atoms with Crippen LogP contribution in [0.2, 0.25) is 0 Å². The van der Waals surface area contributed by atoms with Gasteiger partial charge in [-0.2, -0.15) is 11.8 Å². The smallest absolute Gasteiger partial charge is 0.134 e. The molecule has 3 nitrogen and oxygen atoms in total. The molecule has 0 saturated carbocycles. The lowest BCUT2D eigenvalue weighted by atomic mass is 10.1. The Kier molecular flexibility index (Phi) is 6.40. The number of aryl methyl sites for hydroxylation is 1. The summed E-state index contributed by atoms with van der Waals surface area (Å²) in [6.07, 6.45) is 0. The van der Waals surface area contributed by atoms with Crippen molar-refractivity contribution in [3.63, 3.8) is 0 Å². The summed E-state index contributed by atoms with van der Waals surface area (Å²) in [5, 5.41) is 0. The molecule has 0 atom stereocenters. The molecule has 28 heavy (non-hydrogen) atoms. The van der Waals surface area contributed by atoms with Gasteiger partial charge < -0.3 is 13.9 Å². The highest BCUT2D eigenvalue weighted by Crippen LogP contribution is 2.30. The Bertz CT molecular complexity index is 922. The topological polar surface area (TPSA) is 31.6 Å². The van der Waals surface area contributed by atoms with Crippen molar-refractivity contribution in [2.75, 3.05) is 7.11 Å². The fraction of sp³-hybridized carbons (Fsp3) is 0.333. The van der Waals surface area contributed by atoms with Crippen LogP contribution in [0.4, 0.5) is 0 Å². The van der Waals surface area contributed by atoms with E-state index in [4.69, 9.17) is 13.9 Å². The molecule has 0 fully saturated rings. The maximum absolute atomic E-state index is 6.05. The summed E-state index contributed by atoms with van der Waals surface area (Å²) in [4.78, 5) is 0. The highest BCUT2D eigenvalue weighted by Gasteiger charge is 2.12. The number of methoxy groups -OCH3 is 1. The van der Waals surface area contributed by atoms with E-state index in [-0.39, 0.29) is 4.75 Å². The Morgan fingerprint density at radius 2 is 1.71 bits per heavy atom. The predicted octanol–water partition coefficient (Wildman–Crippen LogP) is 6.87. The van der Waals surface area contributed by atoms with Crippen LogP contribution < -0.4 is 9.47 Å². The van der Waals surface area contributed by atoms with Gasteiger partial charge in [-0.1, -0.05) is 45.0 Å². The average Bonchev–Trinajstić information content (AvgIpc) is 3.05. The highest BCUT2D eigenvalue weighted by atomic mass is 32.2. The summed E-state index contributed by atoms with van der Waals surface area (Å²) in [6, 6.07) is 18.2. The second-order valence-corrected chi connectivity index (χ2v) is 9.56. The second-order valence-electron chi connectivity index (χ2n) is 7.76. The van der Waals surface area contributed by atoms with E-state index >= 15 is 0 Å². The van der Waals surface area contributed by atoms with Crippen LogP contribution in [0.5, 0.6) is 11.5 Å². The first-order chi connectivity index (χ1) is 13.3. The van der Waals surface area contributed by atoms with Gasteiger partial charge in [0.25, 0.3) is 0 Å². The van der Waals surface area contributed by atoms with E-state index in [9.17, 15) is 0 Å². The largest absolute Gasteiger partial charge is 0.497 e. The van der Waals surface area contributed by atoms with Crippen molar-refractivity contribution in [3.8, 4) is 22.8 Å². The zero-order valence-electron chi connectivity index (χ0n) is 17.2. The minimum Gasteiger partial charge on any atom is -0.497 e. The van der Waals surface area contributed by atoms with Gasteiger partial charge in [-0.25, -0.2) is 0 Å². The Balaban J connectivity index is 1.67. The maximum Gasteiger partial charge on any atom is 0.134 e. The van der Waals surface area contributed by atoms with Crippen LogP contribution in [0.15, 0.2) is 59.0 Å². The number of thioether (sulfide) groups is 1. The van der Waals surface area contributed by atoms with Crippen LogP contribution in [0.25, 0.3) is 11.3 Å². The van der Waals surface area contributed by atoms with Gasteiger partial charge in [0.1, 0.15) is 29.6 Å². The summed E-state index contributed by atoms with van der Waals surface area (Å²) < 4.78 is 17.5. The van der Waals surface area contributed by atoms with E-state index in [1.807, 2.05) is 55.1 Å². The first-order valence-electron chi connectivity index (χ1n) is 9.43. The van der Waals surface area contributed by atoms with Gasteiger partial charge in [-0.3, -0.25) is 0 Å². The standard InChI is InChI=1S/C24H28O3S/c1-17-20(14-23(27-17)19-9-7-10-21(13-19)25-5)15-26-22-11-6-8-18(12-22)16-28-24(2,3)4/h6-14H,15-16H2,1-5H3. The van der Waals surface area contributed by atoms with Gasteiger partial charge in [-0.15, -0.1) is 0 Å². The first-order valence-corrected chi connectivity index (χ1v) is 10.4. The normalized spacial score (nSPS) is 11.5. The van der Waals surface area contributed by atoms with Gasteiger partial charge in [-0.05, 0) is 42.8 Å². The molecule has 0 aliphatic carbocycles. The van der Waals surface area contributed by atoms with Crippen molar-refractivity contribution in [2.45, 2.75) is 44.8 Å². The molecule has 0 saturated heterocycles. The highest BCUT2D eigenvalue weighted by molar-refractivity contribution is 7.99. The van der Waals surface area contributed by atoms with E-state index < -0.39 is 0 Å². The minimum atomic E-state index is 0.251. The third-order valence-corrected chi connectivity index (χ3v) is 5.68. The van der Waals surface area contributed by atoms with Gasteiger partial charge in [0.2, 0.25) is 0 Å². The molecule has 0 aliphatic heterocycles. The van der Waals surface area contributed by atoms with Crippen molar-refractivity contribution in [1.29, 1.82) is 0 Å². The van der Waals surface area contributed by atoms with Crippen LogP contribution in [-0.2, 0) is 12.4 Å². The number of hydrogen-bond donors (Lipinski definition) is 0. The van der Waals surface area contributed by atoms with Crippen LogP contribution in [0.3, 0.4) is 0 Å². The summed E-state index contributed by atoms with van der Waals surface area (Å²) in [5.41, 5.74) is 3.32. The molecule has 1 aromatic heterocycles. The molecule has 3 aromatic rings. The zero-order valence-corrected chi connectivity index (χ0v) is 18.1. The van der Waals surface area contributed by atoms with Gasteiger partial charge in [0.05, 0.1) is 7.11 Å². The molecule has 0 spiro atoms. The van der Waals surface area contributed by atoms with Crippen molar-refractivity contribution in [3.05, 3.63) is 71.5 Å². The van der Waals surface area contributed by atoms with Crippen LogP contribution in [0, 0.1) is 6.92 Å². The molecule has 3 rings (SSSR count). The third-order valence-electron chi connectivity index (χ3n) is 4.34. The fourth-order valence-corrected chi connectivity index (χ4v) is 3.55. The summed E-state index contributed by atoms with van der Waals surface area (Å²) in [5.74, 6) is 4.37. The molecule has 148 valence electrons. The molecule has 0 unspecified atom stereocenters. The maximum atomic E-state index is 6.05. The molecule has 1 heterocycles. The van der Waals surface area contributed by atoms with Crippen LogP contribution >= 0.6 is 11.8 Å². The lowest BCUT2D eigenvalue weighted by Gasteiger charge is -2.17. The average molecular weight is 397 g/mol. The molecular weight excluding hydrogens is 368 g/mol. The van der Waals surface area contributed by atoms with E-state index in [0.717, 1.165) is 39.9 Å². The lowest BCUT2D eigenvalue weighted by Crippen LogP contribution is -2.07. The third kappa shape index (κ3) is 5.59. The summed E-state index contributed by atoms with van der Waals surface area (Å²) >= 11 is 1.94. The SMILES string of the molecule is COc1cccc(-c2cc(COc3cccc(CSC(C)(C)C)c3)c(C)o2)c1. The van der Waals surface area contributed by atoms with Gasteiger partial charge in [0.15, 0.2) is 0 Å². The summed E-state index contributed by atoms with van der Waals surface area (Å²) in [7, 11) is 1.67. The van der Waals surface area contributed by atoms with Gasteiger partial charge >= 0.3 is 0 Å². The zero-order chi connectivity index (χ0) is 20.1. The number of furan rings is 1.